The van der Waals surface area contributed by atoms with Crippen molar-refractivity contribution >= 4 is 11.9 Å². The Morgan fingerprint density at radius 1 is 1.24 bits per heavy atom. The first-order chi connectivity index (χ1) is 14.1. The molecule has 1 saturated heterocycles. The second-order valence-corrected chi connectivity index (χ2v) is 8.14. The fraction of sp³-hybridized carbons (Fsp3) is 0.682. The molecule has 0 aromatic carbocycles. The Morgan fingerprint density at radius 2 is 2.00 bits per heavy atom. The lowest BCUT2D eigenvalue weighted by Crippen LogP contribution is -2.44. The molecule has 160 valence electrons. The van der Waals surface area contributed by atoms with Gasteiger partial charge in [0.1, 0.15) is 6.10 Å². The van der Waals surface area contributed by atoms with Crippen molar-refractivity contribution in [1.82, 2.24) is 20.5 Å². The zero-order valence-electron chi connectivity index (χ0n) is 17.8. The molecule has 0 spiro atoms. The van der Waals surface area contributed by atoms with Gasteiger partial charge in [-0.05, 0) is 63.0 Å². The zero-order chi connectivity index (χ0) is 20.5. The molecule has 0 unspecified atom stereocenters. The van der Waals surface area contributed by atoms with Crippen LogP contribution in [0.1, 0.15) is 57.9 Å². The number of guanidine groups is 1. The third-order valence-corrected chi connectivity index (χ3v) is 5.68. The Labute approximate surface area is 174 Å². The number of pyridine rings is 1. The molecule has 29 heavy (non-hydrogen) atoms. The Bertz CT molecular complexity index is 680. The number of hydrogen-bond acceptors (Lipinski definition) is 4. The SMILES string of the molecule is CCNC(=NCc1ccnc(OC2CCC(C)CC2)c1)NCC(=O)N1CCCC1. The second kappa shape index (κ2) is 11.0. The van der Waals surface area contributed by atoms with E-state index in [1.807, 2.05) is 24.0 Å². The maximum atomic E-state index is 12.2. The minimum Gasteiger partial charge on any atom is -0.474 e. The van der Waals surface area contributed by atoms with Gasteiger partial charge in [-0.1, -0.05) is 6.92 Å². The van der Waals surface area contributed by atoms with Gasteiger partial charge in [-0.15, -0.1) is 0 Å². The summed E-state index contributed by atoms with van der Waals surface area (Å²) in [5.74, 6) is 2.27. The summed E-state index contributed by atoms with van der Waals surface area (Å²) in [5, 5.41) is 6.36. The number of amides is 1. The molecule has 1 saturated carbocycles. The van der Waals surface area contributed by atoms with Crippen molar-refractivity contribution in [2.45, 2.75) is 65.0 Å². The largest absolute Gasteiger partial charge is 0.474 e. The van der Waals surface area contributed by atoms with Crippen LogP contribution in [0.4, 0.5) is 0 Å². The van der Waals surface area contributed by atoms with Crippen LogP contribution in [0.2, 0.25) is 0 Å². The van der Waals surface area contributed by atoms with Gasteiger partial charge in [0.15, 0.2) is 5.96 Å². The third kappa shape index (κ3) is 6.91. The Balaban J connectivity index is 1.52. The second-order valence-electron chi connectivity index (χ2n) is 8.14. The van der Waals surface area contributed by atoms with Crippen LogP contribution in [0.25, 0.3) is 0 Å². The minimum absolute atomic E-state index is 0.134. The van der Waals surface area contributed by atoms with Crippen LogP contribution in [-0.2, 0) is 11.3 Å². The van der Waals surface area contributed by atoms with E-state index in [2.05, 4.69) is 27.5 Å². The minimum atomic E-state index is 0.134. The van der Waals surface area contributed by atoms with E-state index in [9.17, 15) is 4.79 Å². The zero-order valence-corrected chi connectivity index (χ0v) is 17.8. The Hall–Kier alpha value is -2.31. The van der Waals surface area contributed by atoms with Crippen LogP contribution in [0.15, 0.2) is 23.3 Å². The van der Waals surface area contributed by atoms with E-state index in [4.69, 9.17) is 4.74 Å². The quantitative estimate of drug-likeness (QED) is 0.543. The number of nitrogens with one attached hydrogen (secondary N) is 2. The lowest BCUT2D eigenvalue weighted by molar-refractivity contribution is -0.128. The fourth-order valence-electron chi connectivity index (χ4n) is 3.88. The maximum Gasteiger partial charge on any atom is 0.241 e. The number of aromatic nitrogens is 1. The molecule has 1 aliphatic heterocycles. The predicted molar refractivity (Wildman–Crippen MR) is 115 cm³/mol. The van der Waals surface area contributed by atoms with Gasteiger partial charge in [-0.3, -0.25) is 4.79 Å². The summed E-state index contributed by atoms with van der Waals surface area (Å²) in [6.07, 6.45) is 8.91. The first-order valence-electron chi connectivity index (χ1n) is 11.1. The highest BCUT2D eigenvalue weighted by molar-refractivity contribution is 5.86. The Kier molecular flexibility index (Phi) is 8.14. The normalized spacial score (nSPS) is 22.4. The van der Waals surface area contributed by atoms with E-state index in [0.717, 1.165) is 56.8 Å². The number of nitrogens with zero attached hydrogens (tertiary/aromatic N) is 3. The molecule has 1 aromatic heterocycles. The fourth-order valence-corrected chi connectivity index (χ4v) is 3.88. The van der Waals surface area contributed by atoms with Crippen molar-refractivity contribution in [3.05, 3.63) is 23.9 Å². The first-order valence-corrected chi connectivity index (χ1v) is 11.1. The molecule has 1 aliphatic carbocycles. The number of rotatable bonds is 7. The van der Waals surface area contributed by atoms with Gasteiger partial charge >= 0.3 is 0 Å². The van der Waals surface area contributed by atoms with E-state index in [-0.39, 0.29) is 18.6 Å². The maximum absolute atomic E-state index is 12.2. The van der Waals surface area contributed by atoms with E-state index in [1.165, 1.54) is 12.8 Å². The lowest BCUT2D eigenvalue weighted by Gasteiger charge is -2.26. The van der Waals surface area contributed by atoms with Crippen LogP contribution in [0.5, 0.6) is 5.88 Å². The number of carbonyl (C=O) groups is 1. The molecule has 7 nitrogen and oxygen atoms in total. The standard InChI is InChI=1S/C22H35N5O2/c1-3-23-22(26-16-21(28)27-12-4-5-13-27)25-15-18-10-11-24-20(14-18)29-19-8-6-17(2)7-9-19/h10-11,14,17,19H,3-9,12-13,15-16H2,1-2H3,(H2,23,25,26). The summed E-state index contributed by atoms with van der Waals surface area (Å²) in [4.78, 5) is 23.1. The molecular formula is C22H35N5O2. The summed E-state index contributed by atoms with van der Waals surface area (Å²) in [7, 11) is 0. The van der Waals surface area contributed by atoms with Gasteiger partial charge in [-0.25, -0.2) is 9.98 Å². The first kappa shape index (κ1) is 21.4. The molecule has 2 N–H and O–H groups in total. The van der Waals surface area contributed by atoms with Crippen LogP contribution in [0, 0.1) is 5.92 Å². The van der Waals surface area contributed by atoms with Gasteiger partial charge < -0.3 is 20.3 Å². The van der Waals surface area contributed by atoms with Crippen LogP contribution in [0.3, 0.4) is 0 Å². The number of hydrogen-bond donors (Lipinski definition) is 2. The molecule has 0 bridgehead atoms. The van der Waals surface area contributed by atoms with E-state index in [1.54, 1.807) is 6.20 Å². The van der Waals surface area contributed by atoms with Gasteiger partial charge in [-0.2, -0.15) is 0 Å². The highest BCUT2D eigenvalue weighted by Crippen LogP contribution is 2.26. The third-order valence-electron chi connectivity index (χ3n) is 5.68. The number of carbonyl (C=O) groups excluding carboxylic acids is 1. The Morgan fingerprint density at radius 3 is 2.72 bits per heavy atom. The highest BCUT2D eigenvalue weighted by Gasteiger charge is 2.20. The number of likely N-dealkylation sites (tertiary alicyclic amines) is 1. The van der Waals surface area contributed by atoms with Crippen molar-refractivity contribution in [2.24, 2.45) is 10.9 Å². The van der Waals surface area contributed by atoms with Crippen molar-refractivity contribution < 1.29 is 9.53 Å². The summed E-state index contributed by atoms with van der Waals surface area (Å²) >= 11 is 0. The van der Waals surface area contributed by atoms with Gasteiger partial charge in [0.25, 0.3) is 0 Å². The van der Waals surface area contributed by atoms with E-state index < -0.39 is 0 Å². The van der Waals surface area contributed by atoms with Gasteiger partial charge in [0.05, 0.1) is 13.1 Å². The summed E-state index contributed by atoms with van der Waals surface area (Å²) in [6.45, 7) is 7.59. The molecule has 2 heterocycles. The van der Waals surface area contributed by atoms with E-state index in [0.29, 0.717) is 18.4 Å². The molecule has 0 radical (unpaired) electrons. The van der Waals surface area contributed by atoms with Crippen molar-refractivity contribution in [2.75, 3.05) is 26.2 Å². The lowest BCUT2D eigenvalue weighted by atomic mass is 9.89. The molecule has 1 amide bonds. The van der Waals surface area contributed by atoms with Crippen LogP contribution < -0.4 is 15.4 Å². The van der Waals surface area contributed by atoms with Crippen molar-refractivity contribution in [1.29, 1.82) is 0 Å². The molecule has 7 heteroatoms. The number of ether oxygens (including phenoxy) is 1. The molecule has 1 aromatic rings. The molecular weight excluding hydrogens is 366 g/mol. The molecule has 0 atom stereocenters. The summed E-state index contributed by atoms with van der Waals surface area (Å²) in [6, 6.07) is 3.93. The summed E-state index contributed by atoms with van der Waals surface area (Å²) < 4.78 is 6.09. The average molecular weight is 402 g/mol. The monoisotopic (exact) mass is 401 g/mol. The van der Waals surface area contributed by atoms with Gasteiger partial charge in [0, 0.05) is 31.9 Å². The summed E-state index contributed by atoms with van der Waals surface area (Å²) in [5.41, 5.74) is 1.04. The molecule has 2 aliphatic rings. The molecule has 2 fully saturated rings. The van der Waals surface area contributed by atoms with Crippen LogP contribution in [-0.4, -0.2) is 54.0 Å². The van der Waals surface area contributed by atoms with Gasteiger partial charge in [0.2, 0.25) is 11.8 Å². The topological polar surface area (TPSA) is 78.9 Å². The van der Waals surface area contributed by atoms with Crippen molar-refractivity contribution in [3.63, 3.8) is 0 Å². The van der Waals surface area contributed by atoms with E-state index >= 15 is 0 Å². The van der Waals surface area contributed by atoms with Crippen LogP contribution >= 0.6 is 0 Å². The smallest absolute Gasteiger partial charge is 0.241 e. The average Bonchev–Trinajstić information content (AvgIpc) is 3.27. The van der Waals surface area contributed by atoms with Crippen molar-refractivity contribution in [3.8, 4) is 5.88 Å². The molecule has 3 rings (SSSR count). The highest BCUT2D eigenvalue weighted by atomic mass is 16.5. The number of aliphatic imine (C=N–C) groups is 1. The predicted octanol–water partition coefficient (Wildman–Crippen LogP) is 2.72.